The Kier molecular flexibility index (Phi) is 5.76. The van der Waals surface area contributed by atoms with Gasteiger partial charge in [0.15, 0.2) is 0 Å². The first-order valence-electron chi connectivity index (χ1n) is 7.66. The zero-order valence-corrected chi connectivity index (χ0v) is 13.2. The van der Waals surface area contributed by atoms with Crippen molar-refractivity contribution in [1.29, 1.82) is 0 Å². The smallest absolute Gasteiger partial charge is 0.0601 e. The van der Waals surface area contributed by atoms with Gasteiger partial charge in [-0.3, -0.25) is 4.98 Å². The van der Waals surface area contributed by atoms with E-state index in [9.17, 15) is 0 Å². The maximum atomic E-state index is 4.59. The molecule has 3 heteroatoms. The Hall–Kier alpha value is -1.87. The fourth-order valence-corrected chi connectivity index (χ4v) is 2.20. The van der Waals surface area contributed by atoms with E-state index in [1.54, 1.807) is 0 Å². The van der Waals surface area contributed by atoms with Crippen LogP contribution in [0.25, 0.3) is 0 Å². The zero-order chi connectivity index (χ0) is 15.1. The second-order valence-electron chi connectivity index (χ2n) is 5.54. The van der Waals surface area contributed by atoms with Gasteiger partial charge in [0.25, 0.3) is 0 Å². The SMILES string of the molecule is CCN(Cc1ccc(CNC(C)C)cn1)c1ccccc1. The maximum absolute atomic E-state index is 4.59. The van der Waals surface area contributed by atoms with Crippen LogP contribution >= 0.6 is 0 Å². The summed E-state index contributed by atoms with van der Waals surface area (Å²) >= 11 is 0. The Bertz CT molecular complexity index is 520. The molecule has 1 aromatic carbocycles. The van der Waals surface area contributed by atoms with Crippen LogP contribution in [0.15, 0.2) is 48.7 Å². The Balaban J connectivity index is 1.98. The molecule has 0 saturated carbocycles. The van der Waals surface area contributed by atoms with E-state index in [0.717, 1.165) is 25.3 Å². The number of rotatable bonds is 7. The predicted octanol–water partition coefficient (Wildman–Crippen LogP) is 3.61. The van der Waals surface area contributed by atoms with Gasteiger partial charge < -0.3 is 10.2 Å². The Labute approximate surface area is 128 Å². The van der Waals surface area contributed by atoms with Gasteiger partial charge in [0.05, 0.1) is 12.2 Å². The van der Waals surface area contributed by atoms with Crippen LogP contribution in [-0.4, -0.2) is 17.6 Å². The van der Waals surface area contributed by atoms with Gasteiger partial charge in [-0.05, 0) is 30.7 Å². The highest BCUT2D eigenvalue weighted by molar-refractivity contribution is 5.46. The van der Waals surface area contributed by atoms with Crippen molar-refractivity contribution in [2.24, 2.45) is 0 Å². The van der Waals surface area contributed by atoms with E-state index in [4.69, 9.17) is 0 Å². The standard InChI is InChI=1S/C18H25N3/c1-4-21(18-8-6-5-7-9-18)14-17-11-10-16(13-20-17)12-19-15(2)3/h5-11,13,15,19H,4,12,14H2,1-3H3. The number of nitrogens with one attached hydrogen (secondary N) is 1. The van der Waals surface area contributed by atoms with Gasteiger partial charge in [-0.25, -0.2) is 0 Å². The first kappa shape index (κ1) is 15.5. The number of para-hydroxylation sites is 1. The van der Waals surface area contributed by atoms with Gasteiger partial charge in [-0.2, -0.15) is 0 Å². The van der Waals surface area contributed by atoms with E-state index >= 15 is 0 Å². The lowest BCUT2D eigenvalue weighted by Gasteiger charge is -2.22. The largest absolute Gasteiger partial charge is 0.366 e. The zero-order valence-electron chi connectivity index (χ0n) is 13.2. The summed E-state index contributed by atoms with van der Waals surface area (Å²) in [7, 11) is 0. The number of benzene rings is 1. The van der Waals surface area contributed by atoms with Crippen LogP contribution in [0.4, 0.5) is 5.69 Å². The maximum Gasteiger partial charge on any atom is 0.0601 e. The van der Waals surface area contributed by atoms with E-state index in [2.05, 4.69) is 72.4 Å². The molecule has 0 atom stereocenters. The number of anilines is 1. The lowest BCUT2D eigenvalue weighted by Crippen LogP contribution is -2.23. The fourth-order valence-electron chi connectivity index (χ4n) is 2.20. The molecule has 2 aromatic rings. The van der Waals surface area contributed by atoms with Gasteiger partial charge in [-0.1, -0.05) is 38.1 Å². The average molecular weight is 283 g/mol. The summed E-state index contributed by atoms with van der Waals surface area (Å²) in [5, 5.41) is 3.41. The van der Waals surface area contributed by atoms with Crippen LogP contribution < -0.4 is 10.2 Å². The minimum Gasteiger partial charge on any atom is -0.366 e. The first-order chi connectivity index (χ1) is 10.2. The Morgan fingerprint density at radius 1 is 1.10 bits per heavy atom. The molecule has 0 radical (unpaired) electrons. The van der Waals surface area contributed by atoms with Gasteiger partial charge >= 0.3 is 0 Å². The van der Waals surface area contributed by atoms with Crippen LogP contribution in [0.5, 0.6) is 0 Å². The van der Waals surface area contributed by atoms with Gasteiger partial charge in [0.1, 0.15) is 0 Å². The highest BCUT2D eigenvalue weighted by Crippen LogP contribution is 2.15. The lowest BCUT2D eigenvalue weighted by atomic mass is 10.2. The molecule has 1 heterocycles. The van der Waals surface area contributed by atoms with Crippen molar-refractivity contribution in [3.63, 3.8) is 0 Å². The number of hydrogen-bond acceptors (Lipinski definition) is 3. The molecule has 0 aliphatic rings. The van der Waals surface area contributed by atoms with Crippen LogP contribution in [0.1, 0.15) is 32.0 Å². The summed E-state index contributed by atoms with van der Waals surface area (Å²) in [5.41, 5.74) is 3.58. The molecule has 0 fully saturated rings. The molecule has 0 bridgehead atoms. The molecule has 2 rings (SSSR count). The molecule has 1 aromatic heterocycles. The molecule has 0 spiro atoms. The van der Waals surface area contributed by atoms with Crippen LogP contribution in [0, 0.1) is 0 Å². The molecular weight excluding hydrogens is 258 g/mol. The predicted molar refractivity (Wildman–Crippen MR) is 89.4 cm³/mol. The monoisotopic (exact) mass is 283 g/mol. The molecule has 0 aliphatic carbocycles. The summed E-state index contributed by atoms with van der Waals surface area (Å²) < 4.78 is 0. The third-order valence-corrected chi connectivity index (χ3v) is 3.46. The summed E-state index contributed by atoms with van der Waals surface area (Å²) in [5.74, 6) is 0. The molecule has 0 aliphatic heterocycles. The third kappa shape index (κ3) is 4.87. The highest BCUT2D eigenvalue weighted by Gasteiger charge is 2.06. The number of aromatic nitrogens is 1. The summed E-state index contributed by atoms with van der Waals surface area (Å²) in [6.07, 6.45) is 1.98. The van der Waals surface area contributed by atoms with E-state index in [0.29, 0.717) is 6.04 Å². The Morgan fingerprint density at radius 3 is 2.43 bits per heavy atom. The highest BCUT2D eigenvalue weighted by atomic mass is 15.1. The summed E-state index contributed by atoms with van der Waals surface area (Å²) in [6.45, 7) is 9.18. The number of hydrogen-bond donors (Lipinski definition) is 1. The van der Waals surface area contributed by atoms with Crippen LogP contribution in [0.2, 0.25) is 0 Å². The summed E-state index contributed by atoms with van der Waals surface area (Å²) in [6, 6.07) is 15.3. The number of pyridine rings is 1. The van der Waals surface area contributed by atoms with Crippen molar-refractivity contribution in [1.82, 2.24) is 10.3 Å². The lowest BCUT2D eigenvalue weighted by molar-refractivity contribution is 0.587. The molecule has 3 nitrogen and oxygen atoms in total. The van der Waals surface area contributed by atoms with Crippen molar-refractivity contribution in [3.8, 4) is 0 Å². The van der Waals surface area contributed by atoms with E-state index in [1.807, 2.05) is 12.3 Å². The topological polar surface area (TPSA) is 28.2 Å². The van der Waals surface area contributed by atoms with Gasteiger partial charge in [0.2, 0.25) is 0 Å². The van der Waals surface area contributed by atoms with Crippen molar-refractivity contribution >= 4 is 5.69 Å². The van der Waals surface area contributed by atoms with Crippen LogP contribution in [0.3, 0.4) is 0 Å². The number of nitrogens with zero attached hydrogens (tertiary/aromatic N) is 2. The van der Waals surface area contributed by atoms with Crippen molar-refractivity contribution < 1.29 is 0 Å². The van der Waals surface area contributed by atoms with E-state index in [-0.39, 0.29) is 0 Å². The normalized spacial score (nSPS) is 10.9. The molecule has 0 unspecified atom stereocenters. The van der Waals surface area contributed by atoms with E-state index < -0.39 is 0 Å². The first-order valence-corrected chi connectivity index (χ1v) is 7.66. The fraction of sp³-hybridized carbons (Fsp3) is 0.389. The molecule has 1 N–H and O–H groups in total. The van der Waals surface area contributed by atoms with Crippen molar-refractivity contribution in [3.05, 3.63) is 59.9 Å². The molecular formula is C18H25N3. The van der Waals surface area contributed by atoms with E-state index in [1.165, 1.54) is 11.3 Å². The molecule has 112 valence electrons. The second kappa shape index (κ2) is 7.79. The molecule has 0 amide bonds. The minimum atomic E-state index is 0.498. The van der Waals surface area contributed by atoms with Gasteiger partial charge in [-0.15, -0.1) is 0 Å². The second-order valence-corrected chi connectivity index (χ2v) is 5.54. The summed E-state index contributed by atoms with van der Waals surface area (Å²) in [4.78, 5) is 6.92. The average Bonchev–Trinajstić information content (AvgIpc) is 2.52. The Morgan fingerprint density at radius 2 is 1.86 bits per heavy atom. The minimum absolute atomic E-state index is 0.498. The van der Waals surface area contributed by atoms with Gasteiger partial charge in [0, 0.05) is 31.0 Å². The quantitative estimate of drug-likeness (QED) is 0.841. The molecule has 21 heavy (non-hydrogen) atoms. The van der Waals surface area contributed by atoms with Crippen LogP contribution in [-0.2, 0) is 13.1 Å². The van der Waals surface area contributed by atoms with Crippen molar-refractivity contribution in [2.45, 2.75) is 39.9 Å². The van der Waals surface area contributed by atoms with Crippen molar-refractivity contribution in [2.75, 3.05) is 11.4 Å². The third-order valence-electron chi connectivity index (χ3n) is 3.46. The molecule has 0 saturated heterocycles.